The van der Waals surface area contributed by atoms with Gasteiger partial charge < -0.3 is 0 Å². The molecule has 0 radical (unpaired) electrons. The SMILES string of the molecule is Clc1ccc2c(c1)-c1cc(Cl)c(Cl)cc1-2. The van der Waals surface area contributed by atoms with Crippen LogP contribution in [0.2, 0.25) is 15.1 Å². The van der Waals surface area contributed by atoms with E-state index in [9.17, 15) is 0 Å². The highest BCUT2D eigenvalue weighted by molar-refractivity contribution is 6.43. The molecule has 0 N–H and O–H groups in total. The standard InChI is InChI=1S/C12H5Cl3/c13-6-1-2-7-8(3-6)10-5-12(15)11(14)4-9(7)10/h1-5H. The van der Waals surface area contributed by atoms with Crippen LogP contribution in [0, 0.1) is 0 Å². The molecule has 0 unspecified atom stereocenters. The third-order valence-corrected chi connectivity index (χ3v) is 3.58. The topological polar surface area (TPSA) is 0 Å². The Kier molecular flexibility index (Phi) is 2.00. The first-order valence-corrected chi connectivity index (χ1v) is 5.59. The van der Waals surface area contributed by atoms with Crippen molar-refractivity contribution in [3.63, 3.8) is 0 Å². The first-order valence-electron chi connectivity index (χ1n) is 4.46. The van der Waals surface area contributed by atoms with Gasteiger partial charge in [-0.25, -0.2) is 0 Å². The van der Waals surface area contributed by atoms with Crippen LogP contribution in [0.1, 0.15) is 0 Å². The van der Waals surface area contributed by atoms with Crippen LogP contribution in [0.4, 0.5) is 0 Å². The fraction of sp³-hybridized carbons (Fsp3) is 0. The fourth-order valence-corrected chi connectivity index (χ4v) is 2.40. The van der Waals surface area contributed by atoms with E-state index in [4.69, 9.17) is 34.8 Å². The van der Waals surface area contributed by atoms with Crippen molar-refractivity contribution >= 4 is 34.8 Å². The van der Waals surface area contributed by atoms with Gasteiger partial charge in [0.1, 0.15) is 0 Å². The van der Waals surface area contributed by atoms with Gasteiger partial charge in [-0.05, 0) is 46.5 Å². The summed E-state index contributed by atoms with van der Waals surface area (Å²) in [4.78, 5) is 0. The number of benzene rings is 2. The van der Waals surface area contributed by atoms with Gasteiger partial charge in [0.05, 0.1) is 10.0 Å². The van der Waals surface area contributed by atoms with E-state index >= 15 is 0 Å². The zero-order valence-electron chi connectivity index (χ0n) is 7.52. The van der Waals surface area contributed by atoms with Crippen molar-refractivity contribution in [1.29, 1.82) is 0 Å². The summed E-state index contributed by atoms with van der Waals surface area (Å²) in [5.41, 5.74) is 4.61. The molecule has 2 aromatic carbocycles. The molecule has 0 spiro atoms. The average molecular weight is 256 g/mol. The molecule has 0 bridgehead atoms. The predicted octanol–water partition coefficient (Wildman–Crippen LogP) is 5.29. The van der Waals surface area contributed by atoms with Crippen molar-refractivity contribution in [2.45, 2.75) is 0 Å². The summed E-state index contributed by atoms with van der Waals surface area (Å²) in [7, 11) is 0. The molecular formula is C12H5Cl3. The minimum atomic E-state index is 0.584. The molecule has 0 aromatic heterocycles. The quantitative estimate of drug-likeness (QED) is 0.512. The molecule has 74 valence electrons. The van der Waals surface area contributed by atoms with Gasteiger partial charge in [-0.3, -0.25) is 0 Å². The first-order chi connectivity index (χ1) is 7.16. The van der Waals surface area contributed by atoms with E-state index in [1.165, 1.54) is 5.56 Å². The summed E-state index contributed by atoms with van der Waals surface area (Å²) in [6.45, 7) is 0. The van der Waals surface area contributed by atoms with Gasteiger partial charge in [0.15, 0.2) is 0 Å². The lowest BCUT2D eigenvalue weighted by Gasteiger charge is -2.24. The van der Waals surface area contributed by atoms with Crippen LogP contribution in [-0.2, 0) is 0 Å². The van der Waals surface area contributed by atoms with E-state index in [1.807, 2.05) is 30.3 Å². The van der Waals surface area contributed by atoms with Crippen molar-refractivity contribution in [1.82, 2.24) is 0 Å². The molecule has 0 heterocycles. The lowest BCUT2D eigenvalue weighted by Crippen LogP contribution is -1.98. The van der Waals surface area contributed by atoms with Crippen LogP contribution in [0.25, 0.3) is 22.3 Å². The normalized spacial score (nSPS) is 11.7. The Morgan fingerprint density at radius 3 is 1.80 bits per heavy atom. The second-order valence-electron chi connectivity index (χ2n) is 3.50. The third kappa shape index (κ3) is 1.29. The molecule has 0 atom stereocenters. The second-order valence-corrected chi connectivity index (χ2v) is 4.75. The molecular weight excluding hydrogens is 250 g/mol. The summed E-state index contributed by atoms with van der Waals surface area (Å²) in [6, 6.07) is 9.62. The van der Waals surface area contributed by atoms with Gasteiger partial charge in [-0.15, -0.1) is 0 Å². The molecule has 3 rings (SSSR count). The van der Waals surface area contributed by atoms with Crippen LogP contribution in [0.15, 0.2) is 30.3 Å². The largest absolute Gasteiger partial charge is 0.0843 e. The Morgan fingerprint density at radius 1 is 0.600 bits per heavy atom. The summed E-state index contributed by atoms with van der Waals surface area (Å²) in [5.74, 6) is 0. The Hall–Kier alpha value is -0.690. The number of fused-ring (bicyclic) bond motifs is 4. The van der Waals surface area contributed by atoms with Gasteiger partial charge in [0.25, 0.3) is 0 Å². The van der Waals surface area contributed by atoms with Crippen molar-refractivity contribution in [2.75, 3.05) is 0 Å². The van der Waals surface area contributed by atoms with Crippen molar-refractivity contribution < 1.29 is 0 Å². The number of hydrogen-bond acceptors (Lipinski definition) is 0. The molecule has 0 fully saturated rings. The molecule has 0 saturated carbocycles. The number of rotatable bonds is 0. The Morgan fingerprint density at radius 2 is 1.13 bits per heavy atom. The highest BCUT2D eigenvalue weighted by Crippen LogP contribution is 2.50. The molecule has 0 amide bonds. The third-order valence-electron chi connectivity index (χ3n) is 2.62. The lowest BCUT2D eigenvalue weighted by atomic mass is 9.81. The first kappa shape index (κ1) is 9.53. The van der Waals surface area contributed by atoms with Crippen LogP contribution >= 0.6 is 34.8 Å². The highest BCUT2D eigenvalue weighted by atomic mass is 35.5. The molecule has 1 aliphatic rings. The summed E-state index contributed by atoms with van der Waals surface area (Å²) in [5, 5.41) is 1.92. The van der Waals surface area contributed by atoms with E-state index < -0.39 is 0 Å². The summed E-state index contributed by atoms with van der Waals surface area (Å²) < 4.78 is 0. The summed E-state index contributed by atoms with van der Waals surface area (Å²) in [6.07, 6.45) is 0. The van der Waals surface area contributed by atoms with Crippen molar-refractivity contribution in [2.24, 2.45) is 0 Å². The molecule has 0 saturated heterocycles. The molecule has 2 aromatic rings. The van der Waals surface area contributed by atoms with E-state index in [1.54, 1.807) is 0 Å². The molecule has 1 aliphatic carbocycles. The average Bonchev–Trinajstić information content (AvgIpc) is 2.21. The summed E-state index contributed by atoms with van der Waals surface area (Å²) >= 11 is 17.9. The Bertz CT molecular complexity index is 573. The minimum absolute atomic E-state index is 0.584. The maximum absolute atomic E-state index is 5.96. The maximum atomic E-state index is 5.96. The van der Waals surface area contributed by atoms with E-state index in [0.717, 1.165) is 21.7 Å². The maximum Gasteiger partial charge on any atom is 0.0598 e. The van der Waals surface area contributed by atoms with E-state index in [0.29, 0.717) is 10.0 Å². The molecule has 15 heavy (non-hydrogen) atoms. The van der Waals surface area contributed by atoms with Gasteiger partial charge in [0, 0.05) is 5.02 Å². The molecule has 0 aliphatic heterocycles. The van der Waals surface area contributed by atoms with Crippen LogP contribution in [0.3, 0.4) is 0 Å². The van der Waals surface area contributed by atoms with Crippen LogP contribution < -0.4 is 0 Å². The van der Waals surface area contributed by atoms with Crippen molar-refractivity contribution in [3.8, 4) is 22.3 Å². The smallest absolute Gasteiger partial charge is 0.0598 e. The van der Waals surface area contributed by atoms with E-state index in [-0.39, 0.29) is 0 Å². The van der Waals surface area contributed by atoms with Gasteiger partial charge >= 0.3 is 0 Å². The Labute approximate surface area is 102 Å². The fourth-order valence-electron chi connectivity index (χ4n) is 1.90. The molecule has 3 heteroatoms. The molecule has 0 nitrogen and oxygen atoms in total. The number of halogens is 3. The van der Waals surface area contributed by atoms with Gasteiger partial charge in [0.2, 0.25) is 0 Å². The Balaban J connectivity index is 2.26. The zero-order chi connectivity index (χ0) is 10.6. The highest BCUT2D eigenvalue weighted by Gasteiger charge is 2.23. The van der Waals surface area contributed by atoms with Crippen molar-refractivity contribution in [3.05, 3.63) is 45.4 Å². The lowest BCUT2D eigenvalue weighted by molar-refractivity contribution is 1.52. The monoisotopic (exact) mass is 254 g/mol. The minimum Gasteiger partial charge on any atom is -0.0843 e. The van der Waals surface area contributed by atoms with E-state index in [2.05, 4.69) is 0 Å². The predicted molar refractivity (Wildman–Crippen MR) is 65.9 cm³/mol. The van der Waals surface area contributed by atoms with Crippen LogP contribution in [0.5, 0.6) is 0 Å². The van der Waals surface area contributed by atoms with Gasteiger partial charge in [-0.2, -0.15) is 0 Å². The number of hydrogen-bond donors (Lipinski definition) is 0. The second kappa shape index (κ2) is 3.15. The van der Waals surface area contributed by atoms with Gasteiger partial charge in [-0.1, -0.05) is 40.9 Å². The van der Waals surface area contributed by atoms with Crippen LogP contribution in [-0.4, -0.2) is 0 Å². The zero-order valence-corrected chi connectivity index (χ0v) is 9.79.